The van der Waals surface area contributed by atoms with Gasteiger partial charge >= 0.3 is 0 Å². The summed E-state index contributed by atoms with van der Waals surface area (Å²) in [7, 11) is -3.99. The normalized spacial score (nSPS) is 11.5. The Hall–Kier alpha value is -1.55. The van der Waals surface area contributed by atoms with Crippen LogP contribution in [0.25, 0.3) is 0 Å². The molecule has 0 atom stereocenters. The summed E-state index contributed by atoms with van der Waals surface area (Å²) in [6.07, 6.45) is 1.93. The standard InChI is InChI=1S/C22H19BrCl2N2O3S2/c1-31-19-4-2-3-18(12-19)26-22(28)14-27(13-15-5-8-17(24)11-21(15)25)32(29,30)20-9-6-16(23)7-10-20/h2-12H,13-14H2,1H3,(H,26,28). The zero-order chi connectivity index (χ0) is 23.3. The number of nitrogens with one attached hydrogen (secondary N) is 1. The van der Waals surface area contributed by atoms with Gasteiger partial charge in [0.25, 0.3) is 0 Å². The number of benzene rings is 3. The molecule has 10 heteroatoms. The van der Waals surface area contributed by atoms with Gasteiger partial charge in [0.05, 0.1) is 11.4 Å². The number of amides is 1. The van der Waals surface area contributed by atoms with Gasteiger partial charge in [0, 0.05) is 31.6 Å². The summed E-state index contributed by atoms with van der Waals surface area (Å²) in [5.74, 6) is -0.464. The Balaban J connectivity index is 1.90. The number of halogens is 3. The molecule has 0 aliphatic carbocycles. The van der Waals surface area contributed by atoms with Crippen molar-refractivity contribution < 1.29 is 13.2 Å². The number of sulfonamides is 1. The van der Waals surface area contributed by atoms with Crippen LogP contribution in [0.2, 0.25) is 10.0 Å². The molecule has 1 N–H and O–H groups in total. The molecule has 0 saturated carbocycles. The number of nitrogens with zero attached hydrogens (tertiary/aromatic N) is 1. The largest absolute Gasteiger partial charge is 0.325 e. The van der Waals surface area contributed by atoms with Gasteiger partial charge in [-0.05, 0) is 66.4 Å². The summed E-state index contributed by atoms with van der Waals surface area (Å²) in [6.45, 7) is -0.479. The molecular weight excluding hydrogens is 555 g/mol. The van der Waals surface area contributed by atoms with Crippen LogP contribution in [-0.2, 0) is 21.4 Å². The lowest BCUT2D eigenvalue weighted by Gasteiger charge is -2.22. The number of carbonyl (C=O) groups excluding carboxylic acids is 1. The van der Waals surface area contributed by atoms with Crippen LogP contribution in [0.4, 0.5) is 5.69 Å². The first kappa shape index (κ1) is 25.1. The summed E-state index contributed by atoms with van der Waals surface area (Å²) in [5, 5.41) is 3.53. The van der Waals surface area contributed by atoms with E-state index >= 15 is 0 Å². The monoisotopic (exact) mass is 572 g/mol. The maximum atomic E-state index is 13.4. The van der Waals surface area contributed by atoms with E-state index in [1.54, 1.807) is 42.1 Å². The van der Waals surface area contributed by atoms with Gasteiger partial charge in [-0.1, -0.05) is 51.3 Å². The molecule has 3 aromatic carbocycles. The van der Waals surface area contributed by atoms with Gasteiger partial charge in [-0.2, -0.15) is 4.31 Å². The number of hydrogen-bond acceptors (Lipinski definition) is 4. The third-order valence-electron chi connectivity index (χ3n) is 4.49. The van der Waals surface area contributed by atoms with E-state index < -0.39 is 15.9 Å². The minimum absolute atomic E-state index is 0.0722. The lowest BCUT2D eigenvalue weighted by atomic mass is 10.2. The molecule has 0 saturated heterocycles. The molecular formula is C22H19BrCl2N2O3S2. The van der Waals surface area contributed by atoms with Crippen LogP contribution in [0, 0.1) is 0 Å². The second-order valence-electron chi connectivity index (χ2n) is 6.74. The smallest absolute Gasteiger partial charge is 0.243 e. The number of rotatable bonds is 8. The van der Waals surface area contributed by atoms with E-state index in [9.17, 15) is 13.2 Å². The van der Waals surface area contributed by atoms with E-state index in [1.807, 2.05) is 24.5 Å². The van der Waals surface area contributed by atoms with Gasteiger partial charge in [0.15, 0.2) is 0 Å². The Bertz CT molecular complexity index is 1220. The lowest BCUT2D eigenvalue weighted by molar-refractivity contribution is -0.116. The van der Waals surface area contributed by atoms with Crippen molar-refractivity contribution in [2.75, 3.05) is 18.1 Å². The van der Waals surface area contributed by atoms with Crippen LogP contribution in [-0.4, -0.2) is 31.4 Å². The molecule has 3 rings (SSSR count). The quantitative estimate of drug-likeness (QED) is 0.321. The molecule has 0 aliphatic rings. The molecule has 0 spiro atoms. The molecule has 0 aromatic heterocycles. The topological polar surface area (TPSA) is 66.5 Å². The Labute approximate surface area is 210 Å². The molecule has 3 aromatic rings. The SMILES string of the molecule is CSc1cccc(NC(=O)CN(Cc2ccc(Cl)cc2Cl)S(=O)(=O)c2ccc(Br)cc2)c1. The van der Waals surface area contributed by atoms with Crippen molar-refractivity contribution >= 4 is 72.5 Å². The van der Waals surface area contributed by atoms with E-state index in [2.05, 4.69) is 21.2 Å². The highest BCUT2D eigenvalue weighted by atomic mass is 79.9. The van der Waals surface area contributed by atoms with Crippen molar-refractivity contribution in [2.45, 2.75) is 16.3 Å². The fourth-order valence-electron chi connectivity index (χ4n) is 2.88. The van der Waals surface area contributed by atoms with Crippen LogP contribution in [0.3, 0.4) is 0 Å². The van der Waals surface area contributed by atoms with Gasteiger partial charge in [0.2, 0.25) is 15.9 Å². The number of thioether (sulfide) groups is 1. The fraction of sp³-hybridized carbons (Fsp3) is 0.136. The minimum Gasteiger partial charge on any atom is -0.325 e. The molecule has 1 amide bonds. The Morgan fingerprint density at radius 3 is 2.44 bits per heavy atom. The maximum Gasteiger partial charge on any atom is 0.243 e. The van der Waals surface area contributed by atoms with Crippen molar-refractivity contribution in [3.63, 3.8) is 0 Å². The van der Waals surface area contributed by atoms with E-state index in [0.717, 1.165) is 13.7 Å². The fourth-order valence-corrected chi connectivity index (χ4v) is 5.45. The van der Waals surface area contributed by atoms with Crippen LogP contribution >= 0.6 is 50.9 Å². The first-order valence-electron chi connectivity index (χ1n) is 9.32. The maximum absolute atomic E-state index is 13.4. The first-order valence-corrected chi connectivity index (χ1v) is 13.5. The summed E-state index contributed by atoms with van der Waals surface area (Å²) >= 11 is 17.1. The molecule has 0 unspecified atom stereocenters. The third kappa shape index (κ3) is 6.50. The van der Waals surface area contributed by atoms with Crippen molar-refractivity contribution in [3.8, 4) is 0 Å². The van der Waals surface area contributed by atoms with E-state index in [-0.39, 0.29) is 18.0 Å². The van der Waals surface area contributed by atoms with Gasteiger partial charge < -0.3 is 5.32 Å². The van der Waals surface area contributed by atoms with Gasteiger partial charge in [-0.25, -0.2) is 8.42 Å². The predicted octanol–water partition coefficient (Wildman–Crippen LogP) is 6.31. The highest BCUT2D eigenvalue weighted by Crippen LogP contribution is 2.26. The van der Waals surface area contributed by atoms with E-state index in [4.69, 9.17) is 23.2 Å². The minimum atomic E-state index is -3.99. The van der Waals surface area contributed by atoms with Gasteiger partial charge in [-0.15, -0.1) is 11.8 Å². The Kier molecular flexibility index (Phi) is 8.66. The second-order valence-corrected chi connectivity index (χ2v) is 11.3. The first-order chi connectivity index (χ1) is 15.2. The average Bonchev–Trinajstić information content (AvgIpc) is 2.75. The van der Waals surface area contributed by atoms with Crippen LogP contribution in [0.1, 0.15) is 5.56 Å². The number of carbonyl (C=O) groups is 1. The zero-order valence-electron chi connectivity index (χ0n) is 16.9. The molecule has 32 heavy (non-hydrogen) atoms. The van der Waals surface area contributed by atoms with Crippen molar-refractivity contribution in [2.24, 2.45) is 0 Å². The van der Waals surface area contributed by atoms with Crippen LogP contribution in [0.5, 0.6) is 0 Å². The van der Waals surface area contributed by atoms with Gasteiger partial charge in [-0.3, -0.25) is 4.79 Å². The lowest BCUT2D eigenvalue weighted by Crippen LogP contribution is -2.37. The Morgan fingerprint density at radius 1 is 1.06 bits per heavy atom. The van der Waals surface area contributed by atoms with Crippen molar-refractivity contribution in [3.05, 3.63) is 86.8 Å². The average molecular weight is 574 g/mol. The summed E-state index contributed by atoms with van der Waals surface area (Å²) in [5.41, 5.74) is 1.13. The van der Waals surface area contributed by atoms with Crippen LogP contribution < -0.4 is 5.32 Å². The zero-order valence-corrected chi connectivity index (χ0v) is 21.6. The van der Waals surface area contributed by atoms with E-state index in [1.165, 1.54) is 18.2 Å². The molecule has 5 nitrogen and oxygen atoms in total. The third-order valence-corrected chi connectivity index (χ3v) is 8.13. The summed E-state index contributed by atoms with van der Waals surface area (Å²) < 4.78 is 28.6. The second kappa shape index (κ2) is 11.0. The highest BCUT2D eigenvalue weighted by molar-refractivity contribution is 9.10. The highest BCUT2D eigenvalue weighted by Gasteiger charge is 2.27. The van der Waals surface area contributed by atoms with Crippen LogP contribution in [0.15, 0.2) is 81.0 Å². The molecule has 0 aliphatic heterocycles. The molecule has 168 valence electrons. The molecule has 0 heterocycles. The van der Waals surface area contributed by atoms with Crippen molar-refractivity contribution in [1.82, 2.24) is 4.31 Å². The van der Waals surface area contributed by atoms with Crippen molar-refractivity contribution in [1.29, 1.82) is 0 Å². The molecule has 0 bridgehead atoms. The molecule has 0 radical (unpaired) electrons. The van der Waals surface area contributed by atoms with E-state index in [0.29, 0.717) is 21.3 Å². The molecule has 0 fully saturated rings. The number of hydrogen-bond donors (Lipinski definition) is 1. The number of anilines is 1. The summed E-state index contributed by atoms with van der Waals surface area (Å²) in [6, 6.07) is 18.4. The van der Waals surface area contributed by atoms with Gasteiger partial charge in [0.1, 0.15) is 0 Å². The predicted molar refractivity (Wildman–Crippen MR) is 135 cm³/mol. The Morgan fingerprint density at radius 2 is 1.78 bits per heavy atom. The summed E-state index contributed by atoms with van der Waals surface area (Å²) in [4.78, 5) is 13.9.